The molecule has 0 saturated carbocycles. The summed E-state index contributed by atoms with van der Waals surface area (Å²) in [5, 5.41) is 3.02. The predicted molar refractivity (Wildman–Crippen MR) is 96.3 cm³/mol. The molecule has 23 heavy (non-hydrogen) atoms. The SMILES string of the molecule is CCCNC.Cc1nc(-c2ccccc2)c(-c2ccccc2)o1. The van der Waals surface area contributed by atoms with Crippen molar-refractivity contribution < 1.29 is 4.42 Å². The molecule has 3 heteroatoms. The maximum absolute atomic E-state index is 5.74. The molecular formula is C20H24N2O. The van der Waals surface area contributed by atoms with Gasteiger partial charge in [-0.25, -0.2) is 4.98 Å². The van der Waals surface area contributed by atoms with Crippen LogP contribution in [0.2, 0.25) is 0 Å². The fraction of sp³-hybridized carbons (Fsp3) is 0.250. The molecule has 120 valence electrons. The van der Waals surface area contributed by atoms with E-state index in [1.165, 1.54) is 6.42 Å². The van der Waals surface area contributed by atoms with Crippen LogP contribution in [0.25, 0.3) is 22.6 Å². The Morgan fingerprint density at radius 3 is 1.96 bits per heavy atom. The zero-order chi connectivity index (χ0) is 16.5. The van der Waals surface area contributed by atoms with Gasteiger partial charge in [0.1, 0.15) is 5.69 Å². The smallest absolute Gasteiger partial charge is 0.192 e. The summed E-state index contributed by atoms with van der Waals surface area (Å²) in [6.45, 7) is 5.16. The molecule has 0 unspecified atom stereocenters. The van der Waals surface area contributed by atoms with Gasteiger partial charge in [-0.15, -0.1) is 0 Å². The van der Waals surface area contributed by atoms with Gasteiger partial charge in [-0.1, -0.05) is 67.6 Å². The zero-order valence-corrected chi connectivity index (χ0v) is 14.0. The van der Waals surface area contributed by atoms with Crippen LogP contribution in [0.1, 0.15) is 19.2 Å². The molecule has 1 N–H and O–H groups in total. The molecule has 2 aromatic carbocycles. The molecular weight excluding hydrogens is 284 g/mol. The van der Waals surface area contributed by atoms with E-state index in [9.17, 15) is 0 Å². The Labute approximate surface area is 138 Å². The molecule has 0 saturated heterocycles. The van der Waals surface area contributed by atoms with Crippen molar-refractivity contribution in [2.24, 2.45) is 0 Å². The Hall–Kier alpha value is -2.39. The number of oxazole rings is 1. The second kappa shape index (κ2) is 8.91. The van der Waals surface area contributed by atoms with E-state index in [1.807, 2.05) is 74.6 Å². The van der Waals surface area contributed by atoms with E-state index in [4.69, 9.17) is 4.42 Å². The summed E-state index contributed by atoms with van der Waals surface area (Å²) in [6, 6.07) is 20.2. The average Bonchev–Trinajstić information content (AvgIpc) is 3.00. The minimum Gasteiger partial charge on any atom is -0.440 e. The van der Waals surface area contributed by atoms with Gasteiger partial charge < -0.3 is 9.73 Å². The van der Waals surface area contributed by atoms with Crippen LogP contribution in [0.4, 0.5) is 0 Å². The molecule has 3 rings (SSSR count). The second-order valence-electron chi connectivity index (χ2n) is 5.25. The average molecular weight is 308 g/mol. The third kappa shape index (κ3) is 4.80. The summed E-state index contributed by atoms with van der Waals surface area (Å²) in [6.07, 6.45) is 1.23. The normalized spacial score (nSPS) is 10.0. The topological polar surface area (TPSA) is 38.1 Å². The first-order valence-electron chi connectivity index (χ1n) is 7.99. The van der Waals surface area contributed by atoms with Crippen molar-refractivity contribution in [2.45, 2.75) is 20.3 Å². The van der Waals surface area contributed by atoms with Gasteiger partial charge in [0.25, 0.3) is 0 Å². The van der Waals surface area contributed by atoms with Gasteiger partial charge in [-0.05, 0) is 20.0 Å². The van der Waals surface area contributed by atoms with Crippen molar-refractivity contribution in [1.82, 2.24) is 10.3 Å². The van der Waals surface area contributed by atoms with E-state index in [-0.39, 0.29) is 0 Å². The van der Waals surface area contributed by atoms with Crippen molar-refractivity contribution in [1.29, 1.82) is 0 Å². The number of nitrogens with one attached hydrogen (secondary N) is 1. The Balaban J connectivity index is 0.000000338. The van der Waals surface area contributed by atoms with Crippen molar-refractivity contribution in [3.8, 4) is 22.6 Å². The molecule has 1 heterocycles. The standard InChI is InChI=1S/C16H13NO.C4H11N/c1-12-17-15(13-8-4-2-5-9-13)16(18-12)14-10-6-3-7-11-14;1-3-4-5-2/h2-11H,1H3;5H,3-4H2,1-2H3. The maximum atomic E-state index is 5.74. The highest BCUT2D eigenvalue weighted by molar-refractivity contribution is 5.76. The van der Waals surface area contributed by atoms with Gasteiger partial charge >= 0.3 is 0 Å². The largest absolute Gasteiger partial charge is 0.440 e. The van der Waals surface area contributed by atoms with Crippen LogP contribution in [-0.4, -0.2) is 18.6 Å². The van der Waals surface area contributed by atoms with E-state index in [1.54, 1.807) is 0 Å². The molecule has 0 aliphatic rings. The fourth-order valence-corrected chi connectivity index (χ4v) is 2.25. The van der Waals surface area contributed by atoms with Crippen LogP contribution >= 0.6 is 0 Å². The van der Waals surface area contributed by atoms with Gasteiger partial charge in [0.05, 0.1) is 0 Å². The Kier molecular flexibility index (Phi) is 6.57. The number of benzene rings is 2. The molecule has 0 spiro atoms. The lowest BCUT2D eigenvalue weighted by atomic mass is 10.1. The molecule has 0 aliphatic carbocycles. The summed E-state index contributed by atoms with van der Waals surface area (Å²) in [5.74, 6) is 1.52. The first kappa shape index (κ1) is 17.0. The first-order valence-corrected chi connectivity index (χ1v) is 7.99. The third-order valence-corrected chi connectivity index (χ3v) is 3.32. The summed E-state index contributed by atoms with van der Waals surface area (Å²) in [4.78, 5) is 4.49. The van der Waals surface area contributed by atoms with Crippen LogP contribution in [-0.2, 0) is 0 Å². The molecule has 0 fully saturated rings. The molecule has 0 amide bonds. The molecule has 1 aromatic heterocycles. The highest BCUT2D eigenvalue weighted by Crippen LogP contribution is 2.32. The number of aromatic nitrogens is 1. The molecule has 0 bridgehead atoms. The van der Waals surface area contributed by atoms with Crippen molar-refractivity contribution in [3.63, 3.8) is 0 Å². The lowest BCUT2D eigenvalue weighted by Crippen LogP contribution is -2.04. The quantitative estimate of drug-likeness (QED) is 0.742. The van der Waals surface area contributed by atoms with E-state index in [0.29, 0.717) is 5.89 Å². The molecule has 3 nitrogen and oxygen atoms in total. The van der Waals surface area contributed by atoms with Gasteiger partial charge in [-0.2, -0.15) is 0 Å². The summed E-state index contributed by atoms with van der Waals surface area (Å²) >= 11 is 0. The van der Waals surface area contributed by atoms with Crippen molar-refractivity contribution >= 4 is 0 Å². The minimum atomic E-state index is 0.688. The molecule has 0 aliphatic heterocycles. The summed E-state index contributed by atoms with van der Waals surface area (Å²) in [5.41, 5.74) is 3.03. The zero-order valence-electron chi connectivity index (χ0n) is 14.0. The lowest BCUT2D eigenvalue weighted by molar-refractivity contribution is 0.534. The van der Waals surface area contributed by atoms with Gasteiger partial charge in [0.15, 0.2) is 11.7 Å². The number of rotatable bonds is 4. The molecule has 0 radical (unpaired) electrons. The highest BCUT2D eigenvalue weighted by Gasteiger charge is 2.14. The Morgan fingerprint density at radius 2 is 1.48 bits per heavy atom. The predicted octanol–water partition coefficient (Wildman–Crippen LogP) is 4.93. The van der Waals surface area contributed by atoms with Crippen LogP contribution in [0.5, 0.6) is 0 Å². The van der Waals surface area contributed by atoms with E-state index >= 15 is 0 Å². The van der Waals surface area contributed by atoms with Crippen LogP contribution < -0.4 is 5.32 Å². The first-order chi connectivity index (χ1) is 11.3. The van der Waals surface area contributed by atoms with Crippen LogP contribution in [0.3, 0.4) is 0 Å². The number of hydrogen-bond donors (Lipinski definition) is 1. The van der Waals surface area contributed by atoms with Gasteiger partial charge in [0, 0.05) is 18.1 Å². The molecule has 0 atom stereocenters. The van der Waals surface area contributed by atoms with E-state index in [0.717, 1.165) is 29.1 Å². The number of aryl methyl sites for hydroxylation is 1. The summed E-state index contributed by atoms with van der Waals surface area (Å²) < 4.78 is 5.74. The monoisotopic (exact) mass is 308 g/mol. The van der Waals surface area contributed by atoms with Crippen molar-refractivity contribution in [2.75, 3.05) is 13.6 Å². The third-order valence-electron chi connectivity index (χ3n) is 3.32. The minimum absolute atomic E-state index is 0.688. The van der Waals surface area contributed by atoms with E-state index in [2.05, 4.69) is 17.2 Å². The fourth-order valence-electron chi connectivity index (χ4n) is 2.25. The van der Waals surface area contributed by atoms with E-state index < -0.39 is 0 Å². The van der Waals surface area contributed by atoms with Crippen LogP contribution in [0.15, 0.2) is 65.1 Å². The number of hydrogen-bond acceptors (Lipinski definition) is 3. The Bertz CT molecular complexity index is 631. The van der Waals surface area contributed by atoms with Crippen molar-refractivity contribution in [3.05, 3.63) is 66.6 Å². The van der Waals surface area contributed by atoms with Gasteiger partial charge in [0.2, 0.25) is 0 Å². The number of nitrogens with zero attached hydrogens (tertiary/aromatic N) is 1. The maximum Gasteiger partial charge on any atom is 0.192 e. The Morgan fingerprint density at radius 1 is 0.913 bits per heavy atom. The lowest BCUT2D eigenvalue weighted by Gasteiger charge is -2.00. The second-order valence-corrected chi connectivity index (χ2v) is 5.25. The molecule has 3 aromatic rings. The van der Waals surface area contributed by atoms with Crippen LogP contribution in [0, 0.1) is 6.92 Å². The summed E-state index contributed by atoms with van der Waals surface area (Å²) in [7, 11) is 1.96. The van der Waals surface area contributed by atoms with Gasteiger partial charge in [-0.3, -0.25) is 0 Å². The highest BCUT2D eigenvalue weighted by atomic mass is 16.4.